The second-order valence-electron chi connectivity index (χ2n) is 8.26. The van der Waals surface area contributed by atoms with Gasteiger partial charge in [0.2, 0.25) is 0 Å². The van der Waals surface area contributed by atoms with Crippen molar-refractivity contribution in [1.29, 1.82) is 0 Å². The van der Waals surface area contributed by atoms with Crippen LogP contribution in [-0.2, 0) is 0 Å². The van der Waals surface area contributed by atoms with Gasteiger partial charge in [0.15, 0.2) is 0 Å². The predicted octanol–water partition coefficient (Wildman–Crippen LogP) is 5.82. The summed E-state index contributed by atoms with van der Waals surface area (Å²) in [6.45, 7) is 3.99. The predicted molar refractivity (Wildman–Crippen MR) is 130 cm³/mol. The summed E-state index contributed by atoms with van der Waals surface area (Å²) in [5, 5.41) is 2.95. The molecule has 0 fully saturated rings. The number of hydrogen-bond acceptors (Lipinski definition) is 5. The Balaban J connectivity index is 1.79. The highest BCUT2D eigenvalue weighted by atomic mass is 16.5. The molecule has 1 heterocycles. The fraction of sp³-hybridized carbons (Fsp3) is 0.222. The maximum atomic E-state index is 13.2. The van der Waals surface area contributed by atoms with Crippen LogP contribution >= 0.6 is 0 Å². The fourth-order valence-corrected chi connectivity index (χ4v) is 3.66. The van der Waals surface area contributed by atoms with Gasteiger partial charge in [-0.3, -0.25) is 4.79 Å². The number of carbonyl (C=O) groups is 1. The molecule has 0 atom stereocenters. The van der Waals surface area contributed by atoms with Gasteiger partial charge in [-0.1, -0.05) is 6.08 Å². The van der Waals surface area contributed by atoms with Gasteiger partial charge in [-0.05, 0) is 74.0 Å². The smallest absolute Gasteiger partial charge is 0.255 e. The summed E-state index contributed by atoms with van der Waals surface area (Å²) in [6.07, 6.45) is 3.97. The van der Waals surface area contributed by atoms with Gasteiger partial charge in [0, 0.05) is 28.4 Å². The fourth-order valence-electron chi connectivity index (χ4n) is 3.66. The van der Waals surface area contributed by atoms with Crippen LogP contribution in [-0.4, -0.2) is 32.8 Å². The van der Waals surface area contributed by atoms with Gasteiger partial charge in [0.1, 0.15) is 28.6 Å². The molecule has 0 saturated heterocycles. The lowest BCUT2D eigenvalue weighted by Crippen LogP contribution is -2.28. The van der Waals surface area contributed by atoms with E-state index in [9.17, 15) is 4.79 Å². The van der Waals surface area contributed by atoms with Crippen LogP contribution in [0.1, 0.15) is 29.8 Å². The molecular weight excluding hydrogens is 418 g/mol. The summed E-state index contributed by atoms with van der Waals surface area (Å²) < 4.78 is 22.4. The quantitative estimate of drug-likeness (QED) is 0.518. The second kappa shape index (κ2) is 8.90. The van der Waals surface area contributed by atoms with Gasteiger partial charge in [-0.15, -0.1) is 0 Å². The molecule has 1 N–H and O–H groups in total. The molecule has 170 valence electrons. The van der Waals surface area contributed by atoms with E-state index in [1.54, 1.807) is 51.7 Å². The number of ether oxygens (including phenoxy) is 4. The van der Waals surface area contributed by atoms with Crippen LogP contribution in [0.2, 0.25) is 0 Å². The highest BCUT2D eigenvalue weighted by Gasteiger charge is 2.26. The van der Waals surface area contributed by atoms with Gasteiger partial charge in [0.05, 0.1) is 21.3 Å². The lowest BCUT2D eigenvalue weighted by atomic mass is 9.93. The topological polar surface area (TPSA) is 66.0 Å². The minimum absolute atomic E-state index is 0.225. The number of rotatable bonds is 6. The lowest BCUT2D eigenvalue weighted by Gasteiger charge is -2.30. The third-order valence-electron chi connectivity index (χ3n) is 5.42. The van der Waals surface area contributed by atoms with Crippen LogP contribution in [0, 0.1) is 0 Å². The van der Waals surface area contributed by atoms with Crippen molar-refractivity contribution in [3.8, 4) is 34.1 Å². The average Bonchev–Trinajstić information content (AvgIpc) is 2.83. The number of benzene rings is 3. The van der Waals surface area contributed by atoms with Crippen molar-refractivity contribution in [1.82, 2.24) is 0 Å². The van der Waals surface area contributed by atoms with Crippen molar-refractivity contribution in [2.75, 3.05) is 26.6 Å². The summed E-state index contributed by atoms with van der Waals surface area (Å²) in [7, 11) is 4.82. The third kappa shape index (κ3) is 4.80. The molecule has 0 radical (unpaired) electrons. The summed E-state index contributed by atoms with van der Waals surface area (Å²) >= 11 is 0. The van der Waals surface area contributed by atoms with Crippen molar-refractivity contribution in [3.63, 3.8) is 0 Å². The number of fused-ring (bicyclic) bond motifs is 1. The third-order valence-corrected chi connectivity index (χ3v) is 5.42. The maximum absolute atomic E-state index is 13.2. The van der Waals surface area contributed by atoms with E-state index in [1.165, 1.54) is 0 Å². The molecule has 0 unspecified atom stereocenters. The van der Waals surface area contributed by atoms with Crippen molar-refractivity contribution in [2.24, 2.45) is 0 Å². The Morgan fingerprint density at radius 3 is 2.09 bits per heavy atom. The molecule has 6 nitrogen and oxygen atoms in total. The maximum Gasteiger partial charge on any atom is 0.255 e. The zero-order chi connectivity index (χ0) is 23.6. The molecule has 1 amide bonds. The van der Waals surface area contributed by atoms with Crippen LogP contribution in [0.25, 0.3) is 17.2 Å². The van der Waals surface area contributed by atoms with Gasteiger partial charge >= 0.3 is 0 Å². The lowest BCUT2D eigenvalue weighted by molar-refractivity contribution is 0.102. The first-order chi connectivity index (χ1) is 15.8. The number of methoxy groups -OCH3 is 3. The van der Waals surface area contributed by atoms with E-state index in [1.807, 2.05) is 50.3 Å². The number of nitrogens with one attached hydrogen (secondary N) is 1. The van der Waals surface area contributed by atoms with E-state index in [2.05, 4.69) is 5.32 Å². The summed E-state index contributed by atoms with van der Waals surface area (Å²) in [5.74, 6) is 2.51. The first kappa shape index (κ1) is 22.3. The van der Waals surface area contributed by atoms with Gasteiger partial charge in [0.25, 0.3) is 5.91 Å². The number of anilines is 1. The van der Waals surface area contributed by atoms with Crippen LogP contribution in [0.3, 0.4) is 0 Å². The molecule has 4 rings (SSSR count). The SMILES string of the molecule is COc1ccc(NC(=O)c2cc3c(c(-c4cc(OC)cc(OC)c4)c2)OC(C)(C)C=C3)cc1. The van der Waals surface area contributed by atoms with E-state index in [4.69, 9.17) is 18.9 Å². The van der Waals surface area contributed by atoms with Crippen LogP contribution in [0.15, 0.2) is 60.7 Å². The Morgan fingerprint density at radius 2 is 1.48 bits per heavy atom. The highest BCUT2D eigenvalue weighted by molar-refractivity contribution is 6.06. The van der Waals surface area contributed by atoms with Crippen molar-refractivity contribution in [2.45, 2.75) is 19.4 Å². The van der Waals surface area contributed by atoms with E-state index in [0.29, 0.717) is 28.5 Å². The monoisotopic (exact) mass is 445 g/mol. The molecule has 1 aliphatic rings. The Bertz CT molecular complexity index is 1190. The van der Waals surface area contributed by atoms with Crippen molar-refractivity contribution in [3.05, 3.63) is 71.8 Å². The van der Waals surface area contributed by atoms with E-state index < -0.39 is 5.60 Å². The second-order valence-corrected chi connectivity index (χ2v) is 8.26. The summed E-state index contributed by atoms with van der Waals surface area (Å²) in [6, 6.07) is 16.5. The molecule has 6 heteroatoms. The Kier molecular flexibility index (Phi) is 6.01. The Labute approximate surface area is 193 Å². The van der Waals surface area contributed by atoms with Crippen LogP contribution in [0.4, 0.5) is 5.69 Å². The van der Waals surface area contributed by atoms with Gasteiger partial charge in [-0.25, -0.2) is 0 Å². The normalized spacial score (nSPS) is 13.5. The zero-order valence-corrected chi connectivity index (χ0v) is 19.4. The van der Waals surface area contributed by atoms with E-state index >= 15 is 0 Å². The number of hydrogen-bond donors (Lipinski definition) is 1. The molecule has 0 spiro atoms. The largest absolute Gasteiger partial charge is 0.497 e. The minimum atomic E-state index is -0.475. The zero-order valence-electron chi connectivity index (χ0n) is 19.4. The minimum Gasteiger partial charge on any atom is -0.497 e. The molecule has 33 heavy (non-hydrogen) atoms. The highest BCUT2D eigenvalue weighted by Crippen LogP contribution is 2.42. The average molecular weight is 446 g/mol. The standard InChI is InChI=1S/C27H27NO5/c1-27(2)11-10-17-12-19(26(29)28-20-6-8-21(30-3)9-7-20)15-24(25(17)33-27)18-13-22(31-4)16-23(14-18)32-5/h6-16H,1-5H3,(H,28,29). The summed E-state index contributed by atoms with van der Waals surface area (Å²) in [4.78, 5) is 13.2. The van der Waals surface area contributed by atoms with Crippen molar-refractivity contribution >= 4 is 17.7 Å². The van der Waals surface area contributed by atoms with Gasteiger partial charge < -0.3 is 24.3 Å². The van der Waals surface area contributed by atoms with Crippen molar-refractivity contribution < 1.29 is 23.7 Å². The van der Waals surface area contributed by atoms with E-state index in [0.717, 1.165) is 22.4 Å². The molecule has 0 aromatic heterocycles. The van der Waals surface area contributed by atoms with E-state index in [-0.39, 0.29) is 5.91 Å². The van der Waals surface area contributed by atoms with Gasteiger partial charge in [-0.2, -0.15) is 0 Å². The molecule has 0 saturated carbocycles. The molecule has 3 aromatic carbocycles. The van der Waals surface area contributed by atoms with Crippen LogP contribution < -0.4 is 24.3 Å². The molecule has 3 aromatic rings. The molecule has 1 aliphatic heterocycles. The first-order valence-electron chi connectivity index (χ1n) is 10.6. The Morgan fingerprint density at radius 1 is 0.848 bits per heavy atom. The molecular formula is C27H27NO5. The molecule has 0 bridgehead atoms. The summed E-state index contributed by atoms with van der Waals surface area (Å²) in [5.41, 5.74) is 3.14. The molecule has 0 aliphatic carbocycles. The number of amides is 1. The number of carbonyl (C=O) groups excluding carboxylic acids is 1. The first-order valence-corrected chi connectivity index (χ1v) is 10.6. The van der Waals surface area contributed by atoms with Crippen LogP contribution in [0.5, 0.6) is 23.0 Å². The Hall–Kier alpha value is -3.93.